The van der Waals surface area contributed by atoms with Crippen LogP contribution in [0.3, 0.4) is 0 Å². The highest BCUT2D eigenvalue weighted by Gasteiger charge is 2.30. The van der Waals surface area contributed by atoms with Crippen molar-refractivity contribution in [3.8, 4) is 0 Å². The number of aromatic nitrogens is 3. The summed E-state index contributed by atoms with van der Waals surface area (Å²) >= 11 is 0. The topological polar surface area (TPSA) is 80.0 Å². The summed E-state index contributed by atoms with van der Waals surface area (Å²) in [5.41, 5.74) is 6.93. The van der Waals surface area contributed by atoms with E-state index in [-0.39, 0.29) is 5.95 Å². The second-order valence-corrected chi connectivity index (χ2v) is 5.40. The SMILES string of the molecule is CC1C(Nc2ncnc(N)n2)CCN1Cc1ccccc1. The Morgan fingerprint density at radius 2 is 2.10 bits per heavy atom. The van der Waals surface area contributed by atoms with Gasteiger partial charge >= 0.3 is 0 Å². The third-order valence-electron chi connectivity index (χ3n) is 4.02. The minimum Gasteiger partial charge on any atom is -0.368 e. The summed E-state index contributed by atoms with van der Waals surface area (Å²) < 4.78 is 0. The van der Waals surface area contributed by atoms with Crippen molar-refractivity contribution in [1.29, 1.82) is 0 Å². The number of nitrogens with two attached hydrogens (primary N) is 1. The number of benzene rings is 1. The van der Waals surface area contributed by atoms with Crippen LogP contribution >= 0.6 is 0 Å². The van der Waals surface area contributed by atoms with Gasteiger partial charge in [0, 0.05) is 25.2 Å². The second-order valence-electron chi connectivity index (χ2n) is 5.40. The highest BCUT2D eigenvalue weighted by atomic mass is 15.3. The van der Waals surface area contributed by atoms with Crippen molar-refractivity contribution in [3.05, 3.63) is 42.2 Å². The second kappa shape index (κ2) is 6.05. The van der Waals surface area contributed by atoms with Crippen molar-refractivity contribution in [1.82, 2.24) is 19.9 Å². The van der Waals surface area contributed by atoms with Crippen molar-refractivity contribution in [2.45, 2.75) is 32.0 Å². The number of hydrogen-bond donors (Lipinski definition) is 2. The number of anilines is 2. The zero-order valence-electron chi connectivity index (χ0n) is 12.1. The van der Waals surface area contributed by atoms with Gasteiger partial charge in [-0.3, -0.25) is 4.90 Å². The Labute approximate surface area is 124 Å². The predicted molar refractivity (Wildman–Crippen MR) is 82.6 cm³/mol. The highest BCUT2D eigenvalue weighted by Crippen LogP contribution is 2.22. The molecule has 3 rings (SSSR count). The zero-order valence-corrected chi connectivity index (χ0v) is 12.1. The third kappa shape index (κ3) is 3.28. The summed E-state index contributed by atoms with van der Waals surface area (Å²) in [5, 5.41) is 3.36. The van der Waals surface area contributed by atoms with Crippen LogP contribution in [0.4, 0.5) is 11.9 Å². The van der Waals surface area contributed by atoms with Crippen LogP contribution in [0.15, 0.2) is 36.7 Å². The van der Waals surface area contributed by atoms with Gasteiger partial charge in [-0.15, -0.1) is 0 Å². The number of hydrogen-bond acceptors (Lipinski definition) is 6. The molecule has 1 fully saturated rings. The molecule has 6 nitrogen and oxygen atoms in total. The summed E-state index contributed by atoms with van der Waals surface area (Å²) in [7, 11) is 0. The van der Waals surface area contributed by atoms with Gasteiger partial charge in [-0.2, -0.15) is 4.98 Å². The maximum absolute atomic E-state index is 5.58. The number of nitrogens with zero attached hydrogens (tertiary/aromatic N) is 4. The maximum Gasteiger partial charge on any atom is 0.227 e. The normalized spacial score (nSPS) is 22.3. The molecule has 0 bridgehead atoms. The van der Waals surface area contributed by atoms with Crippen LogP contribution < -0.4 is 11.1 Å². The van der Waals surface area contributed by atoms with Crippen LogP contribution in [0.2, 0.25) is 0 Å². The Morgan fingerprint density at radius 1 is 1.29 bits per heavy atom. The van der Waals surface area contributed by atoms with Crippen LogP contribution in [0.5, 0.6) is 0 Å². The van der Waals surface area contributed by atoms with Gasteiger partial charge < -0.3 is 11.1 Å². The fourth-order valence-electron chi connectivity index (χ4n) is 2.78. The summed E-state index contributed by atoms with van der Waals surface area (Å²) in [4.78, 5) is 14.5. The van der Waals surface area contributed by atoms with E-state index in [4.69, 9.17) is 5.73 Å². The molecule has 1 aromatic carbocycles. The highest BCUT2D eigenvalue weighted by molar-refractivity contribution is 5.31. The number of rotatable bonds is 4. The molecule has 2 unspecified atom stereocenters. The Morgan fingerprint density at radius 3 is 2.86 bits per heavy atom. The lowest BCUT2D eigenvalue weighted by Crippen LogP contribution is -2.36. The van der Waals surface area contributed by atoms with Gasteiger partial charge in [0.2, 0.25) is 11.9 Å². The van der Waals surface area contributed by atoms with Crippen molar-refractivity contribution in [2.75, 3.05) is 17.6 Å². The van der Waals surface area contributed by atoms with Crippen molar-refractivity contribution in [2.24, 2.45) is 0 Å². The summed E-state index contributed by atoms with van der Waals surface area (Å²) in [6.45, 7) is 4.27. The summed E-state index contributed by atoms with van der Waals surface area (Å²) in [5.74, 6) is 0.806. The van der Waals surface area contributed by atoms with Crippen LogP contribution in [-0.2, 0) is 6.54 Å². The first-order valence-electron chi connectivity index (χ1n) is 7.21. The molecule has 2 atom stereocenters. The largest absolute Gasteiger partial charge is 0.368 e. The van der Waals surface area contributed by atoms with Crippen molar-refractivity contribution >= 4 is 11.9 Å². The fraction of sp³-hybridized carbons (Fsp3) is 0.400. The maximum atomic E-state index is 5.58. The summed E-state index contributed by atoms with van der Waals surface area (Å²) in [6.07, 6.45) is 2.51. The molecule has 0 amide bonds. The number of likely N-dealkylation sites (tertiary alicyclic amines) is 1. The van der Waals surface area contributed by atoms with Gasteiger partial charge in [-0.25, -0.2) is 9.97 Å². The first kappa shape index (κ1) is 13.8. The Balaban J connectivity index is 1.62. The first-order chi connectivity index (χ1) is 10.2. The minimum absolute atomic E-state index is 0.249. The minimum atomic E-state index is 0.249. The molecule has 2 aromatic rings. The van der Waals surface area contributed by atoms with Crippen LogP contribution in [-0.4, -0.2) is 38.5 Å². The molecule has 0 radical (unpaired) electrons. The van der Waals surface area contributed by atoms with Gasteiger partial charge in [0.05, 0.1) is 0 Å². The standard InChI is InChI=1S/C15H20N6/c1-11-13(19-15-18-10-17-14(16)20-15)7-8-21(11)9-12-5-3-2-4-6-12/h2-6,10-11,13H,7-9H2,1H3,(H3,16,17,18,19,20). The molecule has 0 aliphatic carbocycles. The fourth-order valence-corrected chi connectivity index (χ4v) is 2.78. The molecule has 1 saturated heterocycles. The molecule has 2 heterocycles. The van der Waals surface area contributed by atoms with E-state index < -0.39 is 0 Å². The van der Waals surface area contributed by atoms with E-state index >= 15 is 0 Å². The number of nitrogen functional groups attached to an aromatic ring is 1. The van der Waals surface area contributed by atoms with Gasteiger partial charge in [0.15, 0.2) is 0 Å². The van der Waals surface area contributed by atoms with Crippen molar-refractivity contribution < 1.29 is 0 Å². The molecule has 1 aliphatic rings. The Hall–Kier alpha value is -2.21. The van der Waals surface area contributed by atoms with E-state index in [9.17, 15) is 0 Å². The molecule has 1 aliphatic heterocycles. The summed E-state index contributed by atoms with van der Waals surface area (Å²) in [6, 6.07) is 11.3. The van der Waals surface area contributed by atoms with E-state index in [0.717, 1.165) is 19.5 Å². The molecular formula is C15H20N6. The molecule has 3 N–H and O–H groups in total. The molecule has 0 saturated carbocycles. The Bertz CT molecular complexity index is 588. The van der Waals surface area contributed by atoms with Gasteiger partial charge in [0.1, 0.15) is 6.33 Å². The monoisotopic (exact) mass is 284 g/mol. The van der Waals surface area contributed by atoms with Crippen molar-refractivity contribution in [3.63, 3.8) is 0 Å². The molecule has 1 aromatic heterocycles. The lowest BCUT2D eigenvalue weighted by molar-refractivity contribution is 0.255. The zero-order chi connectivity index (χ0) is 14.7. The van der Waals surface area contributed by atoms with E-state index in [1.807, 2.05) is 6.07 Å². The van der Waals surface area contributed by atoms with E-state index in [1.54, 1.807) is 0 Å². The molecule has 0 spiro atoms. The van der Waals surface area contributed by atoms with Gasteiger partial charge in [0.25, 0.3) is 0 Å². The Kier molecular flexibility index (Phi) is 3.96. The molecule has 6 heteroatoms. The molecule has 110 valence electrons. The van der Waals surface area contributed by atoms with Crippen LogP contribution in [0.25, 0.3) is 0 Å². The van der Waals surface area contributed by atoms with Crippen LogP contribution in [0.1, 0.15) is 18.9 Å². The average Bonchev–Trinajstić information content (AvgIpc) is 2.82. The smallest absolute Gasteiger partial charge is 0.227 e. The molecular weight excluding hydrogens is 264 g/mol. The van der Waals surface area contributed by atoms with E-state index in [0.29, 0.717) is 18.0 Å². The van der Waals surface area contributed by atoms with E-state index in [1.165, 1.54) is 11.9 Å². The third-order valence-corrected chi connectivity index (χ3v) is 4.02. The van der Waals surface area contributed by atoms with Gasteiger partial charge in [-0.1, -0.05) is 30.3 Å². The quantitative estimate of drug-likeness (QED) is 0.886. The predicted octanol–water partition coefficient (Wildman–Crippen LogP) is 1.53. The van der Waals surface area contributed by atoms with E-state index in [2.05, 4.69) is 56.4 Å². The lowest BCUT2D eigenvalue weighted by atomic mass is 10.1. The first-order valence-corrected chi connectivity index (χ1v) is 7.21. The van der Waals surface area contributed by atoms with Crippen LogP contribution in [0, 0.1) is 0 Å². The molecule has 21 heavy (non-hydrogen) atoms. The average molecular weight is 284 g/mol. The lowest BCUT2D eigenvalue weighted by Gasteiger charge is -2.25. The van der Waals surface area contributed by atoms with Gasteiger partial charge in [-0.05, 0) is 18.9 Å². The number of nitrogens with one attached hydrogen (secondary N) is 1.